The van der Waals surface area contributed by atoms with Gasteiger partial charge in [-0.25, -0.2) is 9.59 Å². The molecule has 9 heterocycles. The molecule has 0 amide bonds. The van der Waals surface area contributed by atoms with Crippen LogP contribution in [0.3, 0.4) is 0 Å². The Hall–Kier alpha value is -17.2. The molecule has 1 aliphatic heterocycles. The fourth-order valence-electron chi connectivity index (χ4n) is 19.6. The molecular weight excluding hydrogens is 1730 g/mol. The molecule has 25 rings (SSSR count). The Balaban J connectivity index is 0.000000107. The summed E-state index contributed by atoms with van der Waals surface area (Å²) in [6, 6.07) is 129. The van der Waals surface area contributed by atoms with Crippen molar-refractivity contribution in [1.82, 2.24) is 36.5 Å². The van der Waals surface area contributed by atoms with Crippen LogP contribution in [0, 0.1) is 20.8 Å². The lowest BCUT2D eigenvalue weighted by atomic mass is 10.1. The van der Waals surface area contributed by atoms with E-state index >= 15 is 0 Å². The zero-order valence-electron chi connectivity index (χ0n) is 80.5. The number of para-hydroxylation sites is 13. The Bertz CT molecular complexity index is 8470. The van der Waals surface area contributed by atoms with Crippen molar-refractivity contribution in [2.24, 2.45) is 0 Å². The molecule has 141 heavy (non-hydrogen) atoms. The summed E-state index contributed by atoms with van der Waals surface area (Å²) in [5.41, 5.74) is 25.2. The van der Waals surface area contributed by atoms with Crippen molar-refractivity contribution < 1.29 is 28.5 Å². The number of ether oxygens (including phenoxy) is 4. The van der Waals surface area contributed by atoms with Gasteiger partial charge in [-0.05, 0) is 150 Å². The standard InChI is InChI=1S/C18H17NO2.C17H15NO2.C16H15NO.2C16H15N.C15H13NO.C15H13N.C14H11N/c1-13(2)18(20)21-12-11-19-16-9-5-3-7-14(16)15-8-4-6-10-17(15)19;1-2-17(19)20-12-11-18-15-9-5-3-7-13(15)14-8-4-6-10-16(14)18;1-2-18-12-11-17-15-9-5-3-7-13(15)14-8-4-6-10-16(14)17;1-12(2)11-17-15-9-5-3-7-13(15)14-8-4-6-10-16(14)17;1-4-17-15-7-5-11(2)9-13(15)14-10-12(3)6-8-16(14)17;1-3-7-14-12(5-1)13-6-2-4-8-15(13)16(14)9-11-10-17-11;1-3-16-14-7-5-4-6-12(14)13-10-11(2)8-9-15(13)16;1-2-15-13-9-5-3-7-11(13)12-8-4-6-10-14(12)15/h3-10H,1,11-12H2,2H3;2-10H,1,11-12H2;2-10H,1,11-12H2;3-10H,1,11H2,2H3;4-10H,1H2,2-3H3;1-8,11H,9-10H2;3-10H,1H2,2H3;2-10H,1H2. The number of esters is 2. The highest BCUT2D eigenvalue weighted by atomic mass is 16.6. The first-order valence-corrected chi connectivity index (χ1v) is 47.8. The quantitative estimate of drug-likeness (QED) is 0.0199. The minimum absolute atomic E-state index is 0.337. The van der Waals surface area contributed by atoms with Crippen molar-refractivity contribution >= 4 is 205 Å². The van der Waals surface area contributed by atoms with Gasteiger partial charge in [0.05, 0.1) is 78.3 Å². The Kier molecular flexibility index (Phi) is 28.7. The van der Waals surface area contributed by atoms with E-state index in [0.29, 0.717) is 44.6 Å². The van der Waals surface area contributed by atoms with Gasteiger partial charge >= 0.3 is 11.9 Å². The van der Waals surface area contributed by atoms with E-state index in [1.54, 1.807) is 6.92 Å². The molecule has 1 atom stereocenters. The van der Waals surface area contributed by atoms with Gasteiger partial charge in [-0.15, -0.1) is 0 Å². The van der Waals surface area contributed by atoms with Crippen molar-refractivity contribution in [2.45, 2.75) is 73.4 Å². The van der Waals surface area contributed by atoms with Crippen LogP contribution in [0.25, 0.3) is 193 Å². The van der Waals surface area contributed by atoms with E-state index in [0.717, 1.165) is 48.3 Å². The molecule has 1 unspecified atom stereocenters. The minimum Gasteiger partial charge on any atom is -0.500 e. The number of hydrogen-bond donors (Lipinski definition) is 0. The molecule has 14 nitrogen and oxygen atoms in total. The average Bonchev–Trinajstić information content (AvgIpc) is 1.60. The SMILES string of the molecule is C=C(C)C(=O)OCCn1c2ccccc2c2ccccc21.C=C(C)Cn1c2ccccc2c2ccccc21.C=CC(=O)OCCn1c2ccccc2c2ccccc21.C=COCCn1c2ccccc2c2ccccc21.C=Cn1c2ccc(C)cc2c2cc(C)ccc21.C=Cn1c2ccccc2c2cc(C)ccc21.C=Cn1c2ccccc2c2ccccc21.c1ccc2c(c1)c1ccccc1n2CC1CO1. The second-order valence-corrected chi connectivity index (χ2v) is 35.3. The summed E-state index contributed by atoms with van der Waals surface area (Å²) in [6.45, 7) is 42.5. The zero-order chi connectivity index (χ0) is 97.6. The number of aromatic nitrogens is 8. The largest absolute Gasteiger partial charge is 0.500 e. The summed E-state index contributed by atoms with van der Waals surface area (Å²) in [7, 11) is 0. The van der Waals surface area contributed by atoms with Crippen molar-refractivity contribution in [3.63, 3.8) is 0 Å². The highest BCUT2D eigenvalue weighted by molar-refractivity contribution is 6.15. The molecule has 0 bridgehead atoms. The minimum atomic E-state index is -0.384. The van der Waals surface area contributed by atoms with Crippen LogP contribution in [-0.4, -0.2) is 81.0 Å². The molecule has 0 saturated carbocycles. The number of benzene rings is 16. The van der Waals surface area contributed by atoms with Gasteiger partial charge in [-0.2, -0.15) is 0 Å². The number of rotatable bonds is 19. The van der Waals surface area contributed by atoms with Crippen molar-refractivity contribution in [1.29, 1.82) is 0 Å². The van der Waals surface area contributed by atoms with Crippen LogP contribution in [0.2, 0.25) is 0 Å². The van der Waals surface area contributed by atoms with Gasteiger partial charge in [0.15, 0.2) is 0 Å². The van der Waals surface area contributed by atoms with Crippen LogP contribution < -0.4 is 0 Å². The summed E-state index contributed by atoms with van der Waals surface area (Å²) < 4.78 is 38.7. The van der Waals surface area contributed by atoms with E-state index in [2.05, 4.69) is 432 Å². The fraction of sp³-hybridized carbons (Fsp3) is 0.118. The second-order valence-electron chi connectivity index (χ2n) is 35.3. The van der Waals surface area contributed by atoms with E-state index in [1.165, 1.54) is 187 Å². The third-order valence-electron chi connectivity index (χ3n) is 25.9. The predicted molar refractivity (Wildman–Crippen MR) is 597 cm³/mol. The van der Waals surface area contributed by atoms with Crippen LogP contribution in [0.15, 0.2) is 440 Å². The number of aryl methyl sites for hydroxylation is 3. The third kappa shape index (κ3) is 19.8. The van der Waals surface area contributed by atoms with E-state index < -0.39 is 0 Å². The predicted octanol–water partition coefficient (Wildman–Crippen LogP) is 31.6. The van der Waals surface area contributed by atoms with Crippen molar-refractivity contribution in [3.8, 4) is 0 Å². The number of hydrogen-bond acceptors (Lipinski definition) is 6. The smallest absolute Gasteiger partial charge is 0.333 e. The Morgan fingerprint density at radius 3 is 0.780 bits per heavy atom. The van der Waals surface area contributed by atoms with E-state index in [-0.39, 0.29) is 11.9 Å². The maximum atomic E-state index is 11.5. The van der Waals surface area contributed by atoms with Gasteiger partial charge in [0.2, 0.25) is 0 Å². The number of carbonyl (C=O) groups excluding carboxylic acids is 2. The molecule has 8 aromatic heterocycles. The maximum absolute atomic E-state index is 11.5. The highest BCUT2D eigenvalue weighted by Crippen LogP contribution is 2.38. The van der Waals surface area contributed by atoms with Gasteiger partial charge < -0.3 is 55.5 Å². The van der Waals surface area contributed by atoms with Gasteiger partial charge in [-0.1, -0.05) is 323 Å². The average molecular weight is 1850 g/mol. The summed E-state index contributed by atoms with van der Waals surface area (Å²) in [5.74, 6) is -0.721. The topological polar surface area (TPSA) is 114 Å². The zero-order valence-corrected chi connectivity index (χ0v) is 80.5. The number of fused-ring (bicyclic) bond motifs is 24. The van der Waals surface area contributed by atoms with Crippen LogP contribution in [-0.2, 0) is 61.3 Å². The molecule has 698 valence electrons. The first-order valence-electron chi connectivity index (χ1n) is 47.8. The van der Waals surface area contributed by atoms with Gasteiger partial charge in [0.25, 0.3) is 0 Å². The van der Waals surface area contributed by atoms with Gasteiger partial charge in [0, 0.05) is 178 Å². The second kappa shape index (κ2) is 43.0. The lowest BCUT2D eigenvalue weighted by Crippen LogP contribution is -2.11. The molecule has 1 saturated heterocycles. The monoisotopic (exact) mass is 1850 g/mol. The third-order valence-corrected chi connectivity index (χ3v) is 25.9. The molecule has 14 heteroatoms. The Morgan fingerprint density at radius 1 is 0.298 bits per heavy atom. The molecule has 1 fully saturated rings. The first-order chi connectivity index (χ1) is 69.0. The molecule has 0 N–H and O–H groups in total. The van der Waals surface area contributed by atoms with Crippen molar-refractivity contribution in [2.75, 3.05) is 26.4 Å². The molecule has 24 aromatic rings. The highest BCUT2D eigenvalue weighted by Gasteiger charge is 2.25. The van der Waals surface area contributed by atoms with E-state index in [1.807, 2.05) is 67.1 Å². The Morgan fingerprint density at radius 2 is 0.525 bits per heavy atom. The molecule has 16 aromatic carbocycles. The lowest BCUT2D eigenvalue weighted by molar-refractivity contribution is -0.139. The van der Waals surface area contributed by atoms with Crippen LogP contribution in [0.4, 0.5) is 0 Å². The lowest BCUT2D eigenvalue weighted by Gasteiger charge is -2.08. The van der Waals surface area contributed by atoms with Gasteiger partial charge in [-0.3, -0.25) is 0 Å². The molecule has 0 spiro atoms. The number of nitrogens with zero attached hydrogens (tertiary/aromatic N) is 8. The van der Waals surface area contributed by atoms with Crippen LogP contribution in [0.5, 0.6) is 0 Å². The number of epoxide rings is 1. The summed E-state index contributed by atoms with van der Waals surface area (Å²) in [5, 5.41) is 20.6. The normalized spacial score (nSPS) is 11.9. The molecule has 0 radical (unpaired) electrons. The fourth-order valence-corrected chi connectivity index (χ4v) is 19.6. The van der Waals surface area contributed by atoms with Crippen LogP contribution >= 0.6 is 0 Å². The van der Waals surface area contributed by atoms with E-state index in [9.17, 15) is 9.59 Å². The number of allylic oxidation sites excluding steroid dienone is 1. The summed E-state index contributed by atoms with van der Waals surface area (Å²) >= 11 is 0. The molecule has 0 aliphatic carbocycles. The maximum Gasteiger partial charge on any atom is 0.333 e. The number of carbonyl (C=O) groups is 2. The van der Waals surface area contributed by atoms with E-state index in [4.69, 9.17) is 18.9 Å². The first kappa shape index (κ1) is 94.2. The summed E-state index contributed by atoms with van der Waals surface area (Å²) in [4.78, 5) is 22.6. The van der Waals surface area contributed by atoms with Crippen molar-refractivity contribution in [3.05, 3.63) is 456 Å². The van der Waals surface area contributed by atoms with Crippen LogP contribution in [0.1, 0.15) is 30.5 Å². The van der Waals surface area contributed by atoms with Gasteiger partial charge in [0.1, 0.15) is 19.8 Å². The molecular formula is C127H114N8O6. The Labute approximate surface area is 820 Å². The molecule has 1 aliphatic rings. The summed E-state index contributed by atoms with van der Waals surface area (Å²) in [6.07, 6.45) is 8.72.